The highest BCUT2D eigenvalue weighted by molar-refractivity contribution is 5.94. The maximum absolute atomic E-state index is 13.6. The number of rotatable bonds is 3. The van der Waals surface area contributed by atoms with Crippen molar-refractivity contribution in [1.29, 1.82) is 0 Å². The number of carbonyl (C=O) groups excluding carboxylic acids is 1. The number of hydrogen-bond donors (Lipinski definition) is 1. The van der Waals surface area contributed by atoms with Gasteiger partial charge in [-0.25, -0.2) is 4.39 Å². The van der Waals surface area contributed by atoms with Gasteiger partial charge in [-0.3, -0.25) is 4.79 Å². The lowest BCUT2D eigenvalue weighted by Gasteiger charge is -2.09. The van der Waals surface area contributed by atoms with Crippen molar-refractivity contribution < 1.29 is 9.18 Å². The lowest BCUT2D eigenvalue weighted by atomic mass is 10.1. The molecule has 0 aliphatic carbocycles. The van der Waals surface area contributed by atoms with Crippen LogP contribution in [0.15, 0.2) is 42.5 Å². The molecule has 0 fully saturated rings. The first-order valence-electron chi connectivity index (χ1n) is 6.17. The van der Waals surface area contributed by atoms with Crippen molar-refractivity contribution in [3.8, 4) is 0 Å². The summed E-state index contributed by atoms with van der Waals surface area (Å²) in [5.74, 6) is -0.877. The quantitative estimate of drug-likeness (QED) is 0.897. The molecule has 0 radical (unpaired) electrons. The van der Waals surface area contributed by atoms with Crippen LogP contribution in [0, 0.1) is 19.7 Å². The van der Waals surface area contributed by atoms with E-state index in [0.29, 0.717) is 6.54 Å². The summed E-state index contributed by atoms with van der Waals surface area (Å²) in [6.45, 7) is 4.21. The summed E-state index contributed by atoms with van der Waals surface area (Å²) in [4.78, 5) is 12.0. The lowest BCUT2D eigenvalue weighted by molar-refractivity contribution is 0.0946. The van der Waals surface area contributed by atoms with E-state index in [1.54, 1.807) is 12.1 Å². The Morgan fingerprint density at radius 2 is 1.89 bits per heavy atom. The predicted octanol–water partition coefficient (Wildman–Crippen LogP) is 3.37. The van der Waals surface area contributed by atoms with Crippen molar-refractivity contribution in [3.63, 3.8) is 0 Å². The van der Waals surface area contributed by atoms with Gasteiger partial charge in [0.1, 0.15) is 5.82 Å². The third-order valence-corrected chi connectivity index (χ3v) is 3.07. The zero-order valence-electron chi connectivity index (χ0n) is 11.0. The first-order chi connectivity index (χ1) is 9.08. The van der Waals surface area contributed by atoms with Gasteiger partial charge in [-0.15, -0.1) is 0 Å². The highest BCUT2D eigenvalue weighted by Gasteiger charge is 2.11. The normalized spacial score (nSPS) is 10.3. The molecule has 0 aromatic heterocycles. The second-order valence-electron chi connectivity index (χ2n) is 4.59. The Kier molecular flexibility index (Phi) is 3.95. The number of aryl methyl sites for hydroxylation is 2. The molecule has 0 aliphatic rings. The molecule has 1 N–H and O–H groups in total. The van der Waals surface area contributed by atoms with Crippen LogP contribution in [0.5, 0.6) is 0 Å². The van der Waals surface area contributed by atoms with Crippen LogP contribution in [0.3, 0.4) is 0 Å². The van der Waals surface area contributed by atoms with E-state index in [4.69, 9.17) is 0 Å². The van der Waals surface area contributed by atoms with E-state index in [1.807, 2.05) is 38.1 Å². The smallest absolute Gasteiger partial charge is 0.254 e. The van der Waals surface area contributed by atoms with Crippen molar-refractivity contribution in [3.05, 3.63) is 70.5 Å². The van der Waals surface area contributed by atoms with Crippen molar-refractivity contribution in [2.45, 2.75) is 20.4 Å². The van der Waals surface area contributed by atoms with Crippen molar-refractivity contribution in [2.75, 3.05) is 0 Å². The molecule has 0 atom stereocenters. The lowest BCUT2D eigenvalue weighted by Crippen LogP contribution is -2.24. The first kappa shape index (κ1) is 13.3. The highest BCUT2D eigenvalue weighted by atomic mass is 19.1. The Labute approximate surface area is 112 Å². The Morgan fingerprint density at radius 1 is 1.16 bits per heavy atom. The fourth-order valence-corrected chi connectivity index (χ4v) is 1.89. The topological polar surface area (TPSA) is 29.1 Å². The van der Waals surface area contributed by atoms with E-state index < -0.39 is 5.82 Å². The molecule has 0 aliphatic heterocycles. The minimum Gasteiger partial charge on any atom is -0.348 e. The largest absolute Gasteiger partial charge is 0.348 e. The summed E-state index contributed by atoms with van der Waals surface area (Å²) in [5, 5.41) is 2.75. The number of hydrogen-bond acceptors (Lipinski definition) is 1. The standard InChI is InChI=1S/C16H16FNO/c1-11-7-8-15(17)14(9-11)16(19)18-10-13-6-4-3-5-12(13)2/h3-9H,10H2,1-2H3,(H,18,19). The van der Waals surface area contributed by atoms with Crippen LogP contribution in [0.4, 0.5) is 4.39 Å². The third kappa shape index (κ3) is 3.19. The van der Waals surface area contributed by atoms with Gasteiger partial charge in [0.2, 0.25) is 0 Å². The molecule has 2 nitrogen and oxygen atoms in total. The van der Waals surface area contributed by atoms with Crippen molar-refractivity contribution in [1.82, 2.24) is 5.32 Å². The molecule has 98 valence electrons. The van der Waals surface area contributed by atoms with Gasteiger partial charge < -0.3 is 5.32 Å². The Hall–Kier alpha value is -2.16. The summed E-state index contributed by atoms with van der Waals surface area (Å²) in [7, 11) is 0. The average molecular weight is 257 g/mol. The number of nitrogens with one attached hydrogen (secondary N) is 1. The van der Waals surface area contributed by atoms with Crippen LogP contribution >= 0.6 is 0 Å². The van der Waals surface area contributed by atoms with Crippen molar-refractivity contribution >= 4 is 5.91 Å². The van der Waals surface area contributed by atoms with Crippen LogP contribution in [0.2, 0.25) is 0 Å². The van der Waals surface area contributed by atoms with Crippen molar-refractivity contribution in [2.24, 2.45) is 0 Å². The summed E-state index contributed by atoms with van der Waals surface area (Å²) in [6.07, 6.45) is 0. The summed E-state index contributed by atoms with van der Waals surface area (Å²) < 4.78 is 13.6. The van der Waals surface area contributed by atoms with E-state index in [2.05, 4.69) is 5.32 Å². The number of amides is 1. The first-order valence-corrected chi connectivity index (χ1v) is 6.17. The second-order valence-corrected chi connectivity index (χ2v) is 4.59. The molecular formula is C16H16FNO. The van der Waals surface area contributed by atoms with Crippen LogP contribution in [-0.2, 0) is 6.54 Å². The second kappa shape index (κ2) is 5.65. The minimum atomic E-state index is -0.493. The van der Waals surface area contributed by atoms with Gasteiger partial charge in [0, 0.05) is 6.54 Å². The predicted molar refractivity (Wildman–Crippen MR) is 73.5 cm³/mol. The summed E-state index contributed by atoms with van der Waals surface area (Å²) in [5.41, 5.74) is 3.09. The maximum Gasteiger partial charge on any atom is 0.254 e. The van der Waals surface area contributed by atoms with E-state index in [0.717, 1.165) is 16.7 Å². The molecule has 3 heteroatoms. The van der Waals surface area contributed by atoms with Crippen LogP contribution in [-0.4, -0.2) is 5.91 Å². The van der Waals surface area contributed by atoms with Crippen LogP contribution in [0.25, 0.3) is 0 Å². The zero-order chi connectivity index (χ0) is 13.8. The summed E-state index contributed by atoms with van der Waals surface area (Å²) in [6, 6.07) is 12.3. The van der Waals surface area contributed by atoms with Gasteiger partial charge in [0.15, 0.2) is 0 Å². The monoisotopic (exact) mass is 257 g/mol. The molecule has 2 aromatic carbocycles. The molecular weight excluding hydrogens is 241 g/mol. The Bertz CT molecular complexity index is 607. The molecule has 2 rings (SSSR count). The van der Waals surface area contributed by atoms with Gasteiger partial charge in [0.05, 0.1) is 5.56 Å². The van der Waals surface area contributed by atoms with Crippen LogP contribution < -0.4 is 5.32 Å². The molecule has 0 heterocycles. The van der Waals surface area contributed by atoms with E-state index in [1.165, 1.54) is 6.07 Å². The minimum absolute atomic E-state index is 0.0913. The van der Waals surface area contributed by atoms with Gasteiger partial charge in [-0.05, 0) is 37.1 Å². The number of benzene rings is 2. The molecule has 19 heavy (non-hydrogen) atoms. The van der Waals surface area contributed by atoms with E-state index >= 15 is 0 Å². The Balaban J connectivity index is 2.10. The molecule has 0 unspecified atom stereocenters. The highest BCUT2D eigenvalue weighted by Crippen LogP contribution is 2.11. The van der Waals surface area contributed by atoms with Gasteiger partial charge >= 0.3 is 0 Å². The Morgan fingerprint density at radius 3 is 2.63 bits per heavy atom. The van der Waals surface area contributed by atoms with E-state index in [-0.39, 0.29) is 11.5 Å². The van der Waals surface area contributed by atoms with Gasteiger partial charge in [0.25, 0.3) is 5.91 Å². The third-order valence-electron chi connectivity index (χ3n) is 3.07. The SMILES string of the molecule is Cc1ccc(F)c(C(=O)NCc2ccccc2C)c1. The van der Waals surface area contributed by atoms with E-state index in [9.17, 15) is 9.18 Å². The van der Waals surface area contributed by atoms with Gasteiger partial charge in [-0.1, -0.05) is 35.9 Å². The molecule has 2 aromatic rings. The number of halogens is 1. The molecule has 0 saturated heterocycles. The fourth-order valence-electron chi connectivity index (χ4n) is 1.89. The maximum atomic E-state index is 13.6. The zero-order valence-corrected chi connectivity index (χ0v) is 11.0. The van der Waals surface area contributed by atoms with Gasteiger partial charge in [-0.2, -0.15) is 0 Å². The fraction of sp³-hybridized carbons (Fsp3) is 0.188. The number of carbonyl (C=O) groups is 1. The molecule has 0 spiro atoms. The summed E-state index contributed by atoms with van der Waals surface area (Å²) >= 11 is 0. The van der Waals surface area contributed by atoms with Crippen LogP contribution in [0.1, 0.15) is 27.0 Å². The molecule has 1 amide bonds. The molecule has 0 saturated carbocycles. The molecule has 0 bridgehead atoms. The average Bonchev–Trinajstić information content (AvgIpc) is 2.40.